The molecule has 0 atom stereocenters. The number of halogens is 2. The zero-order chi connectivity index (χ0) is 24.7. The van der Waals surface area contributed by atoms with Crippen molar-refractivity contribution in [1.82, 2.24) is 29.7 Å². The third kappa shape index (κ3) is 4.51. The van der Waals surface area contributed by atoms with Gasteiger partial charge in [-0.1, -0.05) is 32.0 Å². The van der Waals surface area contributed by atoms with Crippen molar-refractivity contribution in [2.24, 2.45) is 5.92 Å². The Balaban J connectivity index is 1.67. The van der Waals surface area contributed by atoms with Crippen molar-refractivity contribution in [1.29, 1.82) is 0 Å². The van der Waals surface area contributed by atoms with E-state index in [2.05, 4.69) is 38.9 Å². The van der Waals surface area contributed by atoms with Crippen LogP contribution in [-0.4, -0.2) is 29.7 Å². The third-order valence-electron chi connectivity index (χ3n) is 5.77. The fourth-order valence-electron chi connectivity index (χ4n) is 3.94. The van der Waals surface area contributed by atoms with Crippen LogP contribution >= 0.6 is 0 Å². The molecule has 0 aliphatic heterocycles. The molecule has 0 amide bonds. The van der Waals surface area contributed by atoms with Gasteiger partial charge in [-0.05, 0) is 43.5 Å². The summed E-state index contributed by atoms with van der Waals surface area (Å²) in [6, 6.07) is 11.2. The van der Waals surface area contributed by atoms with E-state index < -0.39 is 11.6 Å². The third-order valence-corrected chi connectivity index (χ3v) is 5.77. The molecule has 0 fully saturated rings. The van der Waals surface area contributed by atoms with Gasteiger partial charge in [-0.3, -0.25) is 4.68 Å². The minimum Gasteiger partial charge on any atom is -0.272 e. The van der Waals surface area contributed by atoms with E-state index in [4.69, 9.17) is 0 Å². The minimum atomic E-state index is -0.720. The number of fused-ring (bicyclic) bond motifs is 1. The summed E-state index contributed by atoms with van der Waals surface area (Å²) in [5.74, 6) is -0.514. The molecule has 0 radical (unpaired) electrons. The summed E-state index contributed by atoms with van der Waals surface area (Å²) >= 11 is 0. The number of nitrogens with zero attached hydrogens (tertiary/aromatic N) is 6. The highest BCUT2D eigenvalue weighted by atomic mass is 19.1. The van der Waals surface area contributed by atoms with Crippen LogP contribution < -0.4 is 0 Å². The second kappa shape index (κ2) is 8.94. The Kier molecular flexibility index (Phi) is 5.80. The monoisotopic (exact) mass is 470 g/mol. The van der Waals surface area contributed by atoms with Gasteiger partial charge in [0, 0.05) is 35.5 Å². The van der Waals surface area contributed by atoms with E-state index in [0.717, 1.165) is 35.0 Å². The normalized spacial score (nSPS) is 11.5. The van der Waals surface area contributed by atoms with E-state index in [-0.39, 0.29) is 11.3 Å². The predicted octanol–water partition coefficient (Wildman–Crippen LogP) is 6.17. The molecule has 8 heteroatoms. The van der Waals surface area contributed by atoms with Crippen molar-refractivity contribution in [2.75, 3.05) is 0 Å². The highest BCUT2D eigenvalue weighted by Crippen LogP contribution is 2.31. The van der Waals surface area contributed by atoms with Crippen LogP contribution in [-0.2, 0) is 6.54 Å². The molecule has 0 bridgehead atoms. The van der Waals surface area contributed by atoms with E-state index in [0.29, 0.717) is 28.6 Å². The lowest BCUT2D eigenvalue weighted by Crippen LogP contribution is -2.04. The molecular formula is C27H24F2N6. The Morgan fingerprint density at radius 2 is 1.63 bits per heavy atom. The maximum atomic E-state index is 14.8. The number of hydrogen-bond acceptors (Lipinski definition) is 5. The summed E-state index contributed by atoms with van der Waals surface area (Å²) in [5, 5.41) is 4.46. The van der Waals surface area contributed by atoms with E-state index in [1.165, 1.54) is 12.1 Å². The second-order valence-corrected chi connectivity index (χ2v) is 9.01. The number of aromatic nitrogens is 6. The van der Waals surface area contributed by atoms with Crippen LogP contribution in [0.3, 0.4) is 0 Å². The molecular weight excluding hydrogens is 446 g/mol. The maximum absolute atomic E-state index is 14.8. The number of benzene rings is 2. The smallest absolute Gasteiger partial charge is 0.182 e. The van der Waals surface area contributed by atoms with E-state index >= 15 is 0 Å². The summed E-state index contributed by atoms with van der Waals surface area (Å²) in [6.45, 7) is 8.79. The van der Waals surface area contributed by atoms with E-state index in [9.17, 15) is 8.78 Å². The van der Waals surface area contributed by atoms with Gasteiger partial charge in [0.15, 0.2) is 11.5 Å². The Morgan fingerprint density at radius 3 is 2.40 bits per heavy atom. The molecule has 3 heterocycles. The molecule has 176 valence electrons. The summed E-state index contributed by atoms with van der Waals surface area (Å²) in [7, 11) is 0. The van der Waals surface area contributed by atoms with Gasteiger partial charge in [-0.25, -0.2) is 28.7 Å². The maximum Gasteiger partial charge on any atom is 0.182 e. The molecule has 6 nitrogen and oxygen atoms in total. The van der Waals surface area contributed by atoms with Crippen LogP contribution in [0.4, 0.5) is 8.78 Å². The number of aryl methyl sites for hydroxylation is 2. The van der Waals surface area contributed by atoms with Crippen LogP contribution in [0.5, 0.6) is 0 Å². The van der Waals surface area contributed by atoms with Crippen molar-refractivity contribution >= 4 is 11.2 Å². The molecule has 0 spiro atoms. The standard InChI is InChI=1S/C27H24F2N6/c1-15(2)13-35-14-20(12-30-35)18-6-5-7-19(10-18)26-33-24(22-9-8-21(28)11-23(22)29)25-27(34-26)32-17(4)16(3)31-25/h5-12,14-15H,13H2,1-4H3. The molecule has 5 aromatic rings. The SMILES string of the molecule is Cc1nc2nc(-c3cccc(-c4cnn(CC(C)C)c4)c3)nc(-c3ccc(F)cc3F)c2nc1C. The molecule has 0 aliphatic rings. The van der Waals surface area contributed by atoms with Crippen LogP contribution in [0, 0.1) is 31.4 Å². The van der Waals surface area contributed by atoms with Crippen LogP contribution in [0.2, 0.25) is 0 Å². The van der Waals surface area contributed by atoms with E-state index in [1.807, 2.05) is 55.2 Å². The average molecular weight is 471 g/mol. The molecule has 0 N–H and O–H groups in total. The zero-order valence-corrected chi connectivity index (χ0v) is 19.9. The van der Waals surface area contributed by atoms with Crippen molar-refractivity contribution < 1.29 is 8.78 Å². The van der Waals surface area contributed by atoms with Gasteiger partial charge in [-0.2, -0.15) is 5.10 Å². The van der Waals surface area contributed by atoms with Gasteiger partial charge in [0.05, 0.1) is 17.6 Å². The van der Waals surface area contributed by atoms with Gasteiger partial charge < -0.3 is 0 Å². The number of hydrogen-bond donors (Lipinski definition) is 0. The van der Waals surface area contributed by atoms with E-state index in [1.54, 1.807) is 0 Å². The predicted molar refractivity (Wildman–Crippen MR) is 131 cm³/mol. The molecule has 2 aromatic carbocycles. The molecule has 3 aromatic heterocycles. The highest BCUT2D eigenvalue weighted by molar-refractivity contribution is 5.89. The Bertz CT molecular complexity index is 1560. The first-order chi connectivity index (χ1) is 16.8. The Hall–Kier alpha value is -4.07. The molecule has 0 unspecified atom stereocenters. The van der Waals surface area contributed by atoms with Crippen LogP contribution in [0.15, 0.2) is 54.9 Å². The summed E-state index contributed by atoms with van der Waals surface area (Å²) in [5.41, 5.74) is 5.23. The van der Waals surface area contributed by atoms with Crippen LogP contribution in [0.25, 0.3) is 44.9 Å². The van der Waals surface area contributed by atoms with Crippen molar-refractivity contribution in [2.45, 2.75) is 34.2 Å². The second-order valence-electron chi connectivity index (χ2n) is 9.01. The number of rotatable bonds is 5. The first kappa shape index (κ1) is 22.7. The lowest BCUT2D eigenvalue weighted by atomic mass is 10.0. The quantitative estimate of drug-likeness (QED) is 0.307. The van der Waals surface area contributed by atoms with Gasteiger partial charge in [0.2, 0.25) is 0 Å². The molecule has 5 rings (SSSR count). The van der Waals surface area contributed by atoms with Crippen molar-refractivity contribution in [3.63, 3.8) is 0 Å². The molecule has 0 aliphatic carbocycles. The van der Waals surface area contributed by atoms with Gasteiger partial charge in [0.25, 0.3) is 0 Å². The molecule has 35 heavy (non-hydrogen) atoms. The average Bonchev–Trinajstić information content (AvgIpc) is 3.27. The Labute approximate surface area is 201 Å². The topological polar surface area (TPSA) is 69.4 Å². The lowest BCUT2D eigenvalue weighted by molar-refractivity contribution is 0.483. The van der Waals surface area contributed by atoms with Crippen molar-refractivity contribution in [3.05, 3.63) is 77.9 Å². The minimum absolute atomic E-state index is 0.142. The van der Waals surface area contributed by atoms with Crippen LogP contribution in [0.1, 0.15) is 25.2 Å². The van der Waals surface area contributed by atoms with Gasteiger partial charge >= 0.3 is 0 Å². The molecule has 0 saturated heterocycles. The first-order valence-corrected chi connectivity index (χ1v) is 11.4. The first-order valence-electron chi connectivity index (χ1n) is 11.4. The highest BCUT2D eigenvalue weighted by Gasteiger charge is 2.18. The summed E-state index contributed by atoms with van der Waals surface area (Å²) in [6.07, 6.45) is 3.84. The lowest BCUT2D eigenvalue weighted by Gasteiger charge is -2.11. The van der Waals surface area contributed by atoms with Crippen molar-refractivity contribution in [3.8, 4) is 33.8 Å². The summed E-state index contributed by atoms with van der Waals surface area (Å²) in [4.78, 5) is 18.5. The summed E-state index contributed by atoms with van der Waals surface area (Å²) < 4.78 is 30.3. The largest absolute Gasteiger partial charge is 0.272 e. The zero-order valence-electron chi connectivity index (χ0n) is 19.9. The Morgan fingerprint density at radius 1 is 0.857 bits per heavy atom. The molecule has 0 saturated carbocycles. The fraction of sp³-hybridized carbons (Fsp3) is 0.222. The van der Waals surface area contributed by atoms with Gasteiger partial charge in [0.1, 0.15) is 22.8 Å². The van der Waals surface area contributed by atoms with Gasteiger partial charge in [-0.15, -0.1) is 0 Å². The fourth-order valence-corrected chi connectivity index (χ4v) is 3.94.